The first kappa shape index (κ1) is 15.0. The van der Waals surface area contributed by atoms with Gasteiger partial charge in [-0.2, -0.15) is 0 Å². The Morgan fingerprint density at radius 2 is 2.10 bits per heavy atom. The SMILES string of the molecule is CNCC1CCCN1C(=O)CCCc1ccc(C)cc1. The molecule has 110 valence electrons. The van der Waals surface area contributed by atoms with E-state index in [4.69, 9.17) is 0 Å². The van der Waals surface area contributed by atoms with Crippen LogP contribution in [0.5, 0.6) is 0 Å². The minimum atomic E-state index is 0.329. The normalized spacial score (nSPS) is 18.5. The number of carbonyl (C=O) groups excluding carboxylic acids is 1. The molecular formula is C17H26N2O. The summed E-state index contributed by atoms with van der Waals surface area (Å²) in [6.07, 6.45) is 4.91. The summed E-state index contributed by atoms with van der Waals surface area (Å²) in [5.41, 5.74) is 2.62. The Bertz CT molecular complexity index is 427. The van der Waals surface area contributed by atoms with Crippen molar-refractivity contribution in [3.8, 4) is 0 Å². The molecule has 20 heavy (non-hydrogen) atoms. The predicted octanol–water partition coefficient (Wildman–Crippen LogP) is 2.53. The number of amides is 1. The second-order valence-corrected chi connectivity index (χ2v) is 5.78. The molecule has 3 nitrogen and oxygen atoms in total. The molecule has 2 rings (SSSR count). The molecule has 1 saturated heterocycles. The highest BCUT2D eigenvalue weighted by Crippen LogP contribution is 2.18. The van der Waals surface area contributed by atoms with Crippen molar-refractivity contribution in [3.63, 3.8) is 0 Å². The molecule has 1 unspecified atom stereocenters. The Labute approximate surface area is 122 Å². The second-order valence-electron chi connectivity index (χ2n) is 5.78. The van der Waals surface area contributed by atoms with Crippen molar-refractivity contribution in [2.75, 3.05) is 20.1 Å². The average Bonchev–Trinajstić information content (AvgIpc) is 2.90. The predicted molar refractivity (Wildman–Crippen MR) is 82.8 cm³/mol. The van der Waals surface area contributed by atoms with Gasteiger partial charge in [0.2, 0.25) is 5.91 Å². The number of benzene rings is 1. The van der Waals surface area contributed by atoms with Gasteiger partial charge in [-0.05, 0) is 45.2 Å². The van der Waals surface area contributed by atoms with Gasteiger partial charge in [0.25, 0.3) is 0 Å². The van der Waals surface area contributed by atoms with Gasteiger partial charge in [-0.15, -0.1) is 0 Å². The standard InChI is InChI=1S/C17H26N2O/c1-14-8-10-15(11-9-14)5-3-7-17(20)19-12-4-6-16(19)13-18-2/h8-11,16,18H,3-7,12-13H2,1-2H3. The van der Waals surface area contributed by atoms with E-state index < -0.39 is 0 Å². The van der Waals surface area contributed by atoms with Crippen molar-refractivity contribution >= 4 is 5.91 Å². The Balaban J connectivity index is 1.76. The number of nitrogens with one attached hydrogen (secondary N) is 1. The van der Waals surface area contributed by atoms with E-state index in [2.05, 4.69) is 41.4 Å². The molecule has 1 fully saturated rings. The molecule has 1 aliphatic rings. The summed E-state index contributed by atoms with van der Waals surface area (Å²) >= 11 is 0. The quantitative estimate of drug-likeness (QED) is 0.864. The molecule has 1 aliphatic heterocycles. The third-order valence-electron chi connectivity index (χ3n) is 4.11. The molecule has 0 aliphatic carbocycles. The lowest BCUT2D eigenvalue weighted by molar-refractivity contribution is -0.132. The fourth-order valence-corrected chi connectivity index (χ4v) is 2.95. The maximum absolute atomic E-state index is 12.3. The molecule has 3 heteroatoms. The van der Waals surface area contributed by atoms with E-state index in [1.807, 2.05) is 7.05 Å². The highest BCUT2D eigenvalue weighted by Gasteiger charge is 2.27. The van der Waals surface area contributed by atoms with Gasteiger partial charge >= 0.3 is 0 Å². The largest absolute Gasteiger partial charge is 0.338 e. The van der Waals surface area contributed by atoms with Crippen molar-refractivity contribution in [3.05, 3.63) is 35.4 Å². The van der Waals surface area contributed by atoms with Gasteiger partial charge in [0.05, 0.1) is 0 Å². The minimum Gasteiger partial charge on any atom is -0.338 e. The molecule has 1 aromatic rings. The van der Waals surface area contributed by atoms with Crippen LogP contribution < -0.4 is 5.32 Å². The minimum absolute atomic E-state index is 0.329. The van der Waals surface area contributed by atoms with Crippen molar-refractivity contribution in [1.82, 2.24) is 10.2 Å². The van der Waals surface area contributed by atoms with E-state index in [0.29, 0.717) is 18.4 Å². The summed E-state index contributed by atoms with van der Waals surface area (Å²) in [7, 11) is 1.96. The molecule has 1 heterocycles. The number of rotatable bonds is 6. The van der Waals surface area contributed by atoms with Crippen LogP contribution in [0.2, 0.25) is 0 Å². The Kier molecular flexibility index (Phi) is 5.60. The zero-order chi connectivity index (χ0) is 14.4. The molecule has 1 aromatic carbocycles. The fourth-order valence-electron chi connectivity index (χ4n) is 2.95. The molecular weight excluding hydrogens is 248 g/mol. The highest BCUT2D eigenvalue weighted by molar-refractivity contribution is 5.76. The second kappa shape index (κ2) is 7.44. The van der Waals surface area contributed by atoms with E-state index in [-0.39, 0.29) is 0 Å². The highest BCUT2D eigenvalue weighted by atomic mass is 16.2. The Morgan fingerprint density at radius 1 is 1.35 bits per heavy atom. The van der Waals surface area contributed by atoms with Gasteiger partial charge in [0.15, 0.2) is 0 Å². The van der Waals surface area contributed by atoms with E-state index in [1.54, 1.807) is 0 Å². The molecule has 0 saturated carbocycles. The molecule has 0 radical (unpaired) electrons. The molecule has 0 spiro atoms. The topological polar surface area (TPSA) is 32.3 Å². The van der Waals surface area contributed by atoms with Crippen molar-refractivity contribution in [2.45, 2.75) is 45.1 Å². The van der Waals surface area contributed by atoms with Crippen LogP contribution in [0.25, 0.3) is 0 Å². The lowest BCUT2D eigenvalue weighted by atomic mass is 10.1. The lowest BCUT2D eigenvalue weighted by Crippen LogP contribution is -2.40. The number of carbonyl (C=O) groups is 1. The molecule has 1 atom stereocenters. The molecule has 0 aromatic heterocycles. The first-order chi connectivity index (χ1) is 9.70. The zero-order valence-corrected chi connectivity index (χ0v) is 12.7. The lowest BCUT2D eigenvalue weighted by Gasteiger charge is -2.24. The van der Waals surface area contributed by atoms with Gasteiger partial charge in [-0.1, -0.05) is 29.8 Å². The number of aryl methyl sites for hydroxylation is 2. The van der Waals surface area contributed by atoms with Crippen LogP contribution >= 0.6 is 0 Å². The van der Waals surface area contributed by atoms with Crippen molar-refractivity contribution < 1.29 is 4.79 Å². The summed E-state index contributed by atoms with van der Waals surface area (Å²) in [5.74, 6) is 0.329. The number of hydrogen-bond donors (Lipinski definition) is 1. The van der Waals surface area contributed by atoms with Crippen molar-refractivity contribution in [2.24, 2.45) is 0 Å². The van der Waals surface area contributed by atoms with Gasteiger partial charge in [-0.3, -0.25) is 4.79 Å². The van der Waals surface area contributed by atoms with E-state index >= 15 is 0 Å². The summed E-state index contributed by atoms with van der Waals surface area (Å²) in [6, 6.07) is 9.02. The molecule has 1 amide bonds. The number of hydrogen-bond acceptors (Lipinski definition) is 2. The molecule has 0 bridgehead atoms. The van der Waals surface area contributed by atoms with Crippen LogP contribution in [0.1, 0.15) is 36.8 Å². The van der Waals surface area contributed by atoms with Gasteiger partial charge in [-0.25, -0.2) is 0 Å². The molecule has 1 N–H and O–H groups in total. The third-order valence-corrected chi connectivity index (χ3v) is 4.11. The number of likely N-dealkylation sites (N-methyl/N-ethyl adjacent to an activating group) is 1. The summed E-state index contributed by atoms with van der Waals surface area (Å²) in [4.78, 5) is 14.3. The van der Waals surface area contributed by atoms with Gasteiger partial charge in [0, 0.05) is 25.6 Å². The Hall–Kier alpha value is -1.35. The van der Waals surface area contributed by atoms with Gasteiger partial charge < -0.3 is 10.2 Å². The van der Waals surface area contributed by atoms with Crippen LogP contribution in [0.3, 0.4) is 0 Å². The van der Waals surface area contributed by atoms with Crippen LogP contribution in [-0.2, 0) is 11.2 Å². The number of nitrogens with zero attached hydrogens (tertiary/aromatic N) is 1. The van der Waals surface area contributed by atoms with Crippen LogP contribution in [0, 0.1) is 6.92 Å². The van der Waals surface area contributed by atoms with E-state index in [9.17, 15) is 4.79 Å². The first-order valence-electron chi connectivity index (χ1n) is 7.70. The average molecular weight is 274 g/mol. The smallest absolute Gasteiger partial charge is 0.222 e. The summed E-state index contributed by atoms with van der Waals surface area (Å²) in [5, 5.41) is 3.19. The monoisotopic (exact) mass is 274 g/mol. The van der Waals surface area contributed by atoms with Crippen molar-refractivity contribution in [1.29, 1.82) is 0 Å². The van der Waals surface area contributed by atoms with Crippen LogP contribution in [0.4, 0.5) is 0 Å². The maximum Gasteiger partial charge on any atom is 0.222 e. The first-order valence-corrected chi connectivity index (χ1v) is 7.70. The fraction of sp³-hybridized carbons (Fsp3) is 0.588. The van der Waals surface area contributed by atoms with E-state index in [1.165, 1.54) is 11.1 Å². The van der Waals surface area contributed by atoms with E-state index in [0.717, 1.165) is 38.8 Å². The Morgan fingerprint density at radius 3 is 2.80 bits per heavy atom. The summed E-state index contributed by atoms with van der Waals surface area (Å²) < 4.78 is 0. The maximum atomic E-state index is 12.3. The third kappa shape index (κ3) is 4.07. The van der Waals surface area contributed by atoms with Gasteiger partial charge in [0.1, 0.15) is 0 Å². The number of likely N-dealkylation sites (tertiary alicyclic amines) is 1. The van der Waals surface area contributed by atoms with Crippen LogP contribution in [0.15, 0.2) is 24.3 Å². The zero-order valence-electron chi connectivity index (χ0n) is 12.7. The summed E-state index contributed by atoms with van der Waals surface area (Å²) in [6.45, 7) is 3.96. The van der Waals surface area contributed by atoms with Crippen LogP contribution in [-0.4, -0.2) is 37.0 Å².